The molecule has 198 valence electrons. The molecule has 2 N–H and O–H groups in total. The first-order valence-corrected chi connectivity index (χ1v) is 12.7. The zero-order valence-electron chi connectivity index (χ0n) is 20.9. The summed E-state index contributed by atoms with van der Waals surface area (Å²) in [4.78, 5) is 39.7. The minimum Gasteiger partial charge on any atom is -0.481 e. The number of hydrogen-bond acceptors (Lipinski definition) is 3. The maximum absolute atomic E-state index is 13.8. The molecule has 4 aromatic rings. The van der Waals surface area contributed by atoms with E-state index in [0.717, 1.165) is 5.56 Å². The number of halogens is 2. The van der Waals surface area contributed by atoms with E-state index in [-0.39, 0.29) is 25.4 Å². The molecular weight excluding hydrogens is 519 g/mol. The van der Waals surface area contributed by atoms with Crippen molar-refractivity contribution < 1.29 is 23.9 Å². The van der Waals surface area contributed by atoms with Gasteiger partial charge in [0.25, 0.3) is 11.8 Å². The van der Waals surface area contributed by atoms with Gasteiger partial charge < -0.3 is 15.3 Å². The molecule has 2 amide bonds. The normalized spacial score (nSPS) is 10.6. The second kappa shape index (κ2) is 12.8. The fourth-order valence-corrected chi connectivity index (χ4v) is 4.29. The summed E-state index contributed by atoms with van der Waals surface area (Å²) < 4.78 is 13.4. The summed E-state index contributed by atoms with van der Waals surface area (Å²) in [5.74, 6) is -2.15. The Balaban J connectivity index is 1.63. The molecule has 39 heavy (non-hydrogen) atoms. The molecule has 6 nitrogen and oxygen atoms in total. The van der Waals surface area contributed by atoms with Crippen LogP contribution in [0.5, 0.6) is 0 Å². The lowest BCUT2D eigenvalue weighted by Gasteiger charge is -2.24. The lowest BCUT2D eigenvalue weighted by molar-refractivity contribution is -0.137. The third-order valence-electron chi connectivity index (χ3n) is 6.16. The summed E-state index contributed by atoms with van der Waals surface area (Å²) in [6.45, 7) is 0.360. The molecule has 0 fully saturated rings. The lowest BCUT2D eigenvalue weighted by atomic mass is 9.94. The van der Waals surface area contributed by atoms with Crippen molar-refractivity contribution in [3.8, 4) is 11.1 Å². The number of carboxylic acid groups (broad SMARTS) is 1. The Morgan fingerprint density at radius 3 is 1.97 bits per heavy atom. The monoisotopic (exact) mass is 544 g/mol. The molecule has 0 saturated heterocycles. The molecule has 0 aromatic heterocycles. The maximum atomic E-state index is 13.8. The van der Waals surface area contributed by atoms with Crippen molar-refractivity contribution in [1.82, 2.24) is 10.2 Å². The number of nitrogens with one attached hydrogen (secondary N) is 1. The Kier molecular flexibility index (Phi) is 9.07. The molecule has 0 aliphatic carbocycles. The van der Waals surface area contributed by atoms with E-state index in [2.05, 4.69) is 5.32 Å². The highest BCUT2D eigenvalue weighted by molar-refractivity contribution is 6.30. The van der Waals surface area contributed by atoms with Gasteiger partial charge in [-0.3, -0.25) is 14.4 Å². The zero-order chi connectivity index (χ0) is 27.8. The molecule has 0 radical (unpaired) electrons. The number of benzene rings is 4. The Morgan fingerprint density at radius 1 is 0.769 bits per heavy atom. The first kappa shape index (κ1) is 27.5. The van der Waals surface area contributed by atoms with Gasteiger partial charge in [-0.1, -0.05) is 72.3 Å². The highest BCUT2D eigenvalue weighted by Crippen LogP contribution is 2.29. The predicted molar refractivity (Wildman–Crippen MR) is 148 cm³/mol. The molecule has 8 heteroatoms. The molecule has 0 atom stereocenters. The van der Waals surface area contributed by atoms with E-state index in [1.54, 1.807) is 72.8 Å². The minimum atomic E-state index is -1.04. The summed E-state index contributed by atoms with van der Waals surface area (Å²) in [6.07, 6.45) is -0.251. The van der Waals surface area contributed by atoms with Crippen molar-refractivity contribution in [2.45, 2.75) is 19.5 Å². The van der Waals surface area contributed by atoms with Crippen LogP contribution in [0.4, 0.5) is 4.39 Å². The summed E-state index contributed by atoms with van der Waals surface area (Å²) in [5, 5.41) is 12.8. The van der Waals surface area contributed by atoms with Crippen LogP contribution in [0.2, 0.25) is 5.02 Å². The Bertz CT molecular complexity index is 1470. The SMILES string of the molecule is O=C(O)CCN(Cc1ccc(F)cc1)C(=O)c1ccccc1-c1ccccc1C(=O)NCc1ccc(Cl)cc1. The average Bonchev–Trinajstić information content (AvgIpc) is 2.95. The summed E-state index contributed by atoms with van der Waals surface area (Å²) >= 11 is 5.95. The number of aliphatic carboxylic acids is 1. The van der Waals surface area contributed by atoms with Gasteiger partial charge in [-0.2, -0.15) is 0 Å². The van der Waals surface area contributed by atoms with E-state index >= 15 is 0 Å². The third-order valence-corrected chi connectivity index (χ3v) is 6.41. The summed E-state index contributed by atoms with van der Waals surface area (Å²) in [7, 11) is 0. The van der Waals surface area contributed by atoms with Crippen molar-refractivity contribution in [3.05, 3.63) is 130 Å². The van der Waals surface area contributed by atoms with E-state index in [4.69, 9.17) is 11.6 Å². The van der Waals surface area contributed by atoms with Crippen LogP contribution in [0.25, 0.3) is 11.1 Å². The van der Waals surface area contributed by atoms with Gasteiger partial charge >= 0.3 is 5.97 Å². The fraction of sp³-hybridized carbons (Fsp3) is 0.129. The maximum Gasteiger partial charge on any atom is 0.305 e. The molecule has 0 saturated carbocycles. The predicted octanol–water partition coefficient (Wildman–Crippen LogP) is 6.19. The molecule has 0 heterocycles. The molecule has 0 bridgehead atoms. The van der Waals surface area contributed by atoms with Gasteiger partial charge in [0.2, 0.25) is 0 Å². The number of amides is 2. The Morgan fingerprint density at radius 2 is 1.33 bits per heavy atom. The van der Waals surface area contributed by atoms with Gasteiger partial charge in [-0.15, -0.1) is 0 Å². The number of carboxylic acids is 1. The van der Waals surface area contributed by atoms with E-state index in [0.29, 0.717) is 39.4 Å². The van der Waals surface area contributed by atoms with E-state index < -0.39 is 17.7 Å². The number of rotatable bonds is 10. The van der Waals surface area contributed by atoms with Crippen LogP contribution in [0.3, 0.4) is 0 Å². The molecular formula is C31H26ClFN2O4. The van der Waals surface area contributed by atoms with Gasteiger partial charge in [0.05, 0.1) is 6.42 Å². The van der Waals surface area contributed by atoms with Crippen molar-refractivity contribution in [3.63, 3.8) is 0 Å². The highest BCUT2D eigenvalue weighted by Gasteiger charge is 2.23. The molecule has 0 aliphatic rings. The van der Waals surface area contributed by atoms with E-state index in [9.17, 15) is 23.9 Å². The van der Waals surface area contributed by atoms with Gasteiger partial charge in [-0.25, -0.2) is 4.39 Å². The molecule has 4 rings (SSSR count). The number of carbonyl (C=O) groups is 3. The second-order valence-electron chi connectivity index (χ2n) is 8.90. The van der Waals surface area contributed by atoms with Crippen LogP contribution in [-0.2, 0) is 17.9 Å². The van der Waals surface area contributed by atoms with Crippen molar-refractivity contribution >= 4 is 29.4 Å². The number of nitrogens with zero attached hydrogens (tertiary/aromatic N) is 1. The van der Waals surface area contributed by atoms with Crippen LogP contribution in [0.1, 0.15) is 38.3 Å². The van der Waals surface area contributed by atoms with Gasteiger partial charge in [0.1, 0.15) is 5.82 Å². The quantitative estimate of drug-likeness (QED) is 0.249. The first-order valence-electron chi connectivity index (χ1n) is 12.3. The number of carbonyl (C=O) groups excluding carboxylic acids is 2. The lowest BCUT2D eigenvalue weighted by Crippen LogP contribution is -2.33. The fourth-order valence-electron chi connectivity index (χ4n) is 4.16. The summed E-state index contributed by atoms with van der Waals surface area (Å²) in [5.41, 5.74) is 3.37. The average molecular weight is 545 g/mol. The summed E-state index contributed by atoms with van der Waals surface area (Å²) in [6, 6.07) is 26.8. The first-order chi connectivity index (χ1) is 18.8. The molecule has 0 aliphatic heterocycles. The van der Waals surface area contributed by atoms with Gasteiger partial charge in [-0.05, 0) is 58.7 Å². The highest BCUT2D eigenvalue weighted by atomic mass is 35.5. The standard InChI is InChI=1S/C31H26ClFN2O4/c32-23-13-9-21(10-14-23)19-34-30(38)27-7-3-1-5-25(27)26-6-2-4-8-28(26)31(39)35(18-17-29(36)37)20-22-11-15-24(33)16-12-22/h1-16H,17-20H2,(H,34,38)(H,36,37). The molecule has 0 spiro atoms. The van der Waals surface area contributed by atoms with Crippen LogP contribution in [0, 0.1) is 5.82 Å². The van der Waals surface area contributed by atoms with Crippen molar-refractivity contribution in [1.29, 1.82) is 0 Å². The van der Waals surface area contributed by atoms with Crippen LogP contribution in [-0.4, -0.2) is 34.3 Å². The largest absolute Gasteiger partial charge is 0.481 e. The van der Waals surface area contributed by atoms with Gasteiger partial charge in [0.15, 0.2) is 0 Å². The van der Waals surface area contributed by atoms with Crippen LogP contribution < -0.4 is 5.32 Å². The Hall–Kier alpha value is -4.49. The molecule has 0 unspecified atom stereocenters. The number of hydrogen-bond donors (Lipinski definition) is 2. The minimum absolute atomic E-state index is 0.0386. The van der Waals surface area contributed by atoms with Gasteiger partial charge in [0, 0.05) is 35.8 Å². The molecule has 4 aromatic carbocycles. The topological polar surface area (TPSA) is 86.7 Å². The van der Waals surface area contributed by atoms with Crippen LogP contribution in [0.15, 0.2) is 97.1 Å². The van der Waals surface area contributed by atoms with Crippen molar-refractivity contribution in [2.75, 3.05) is 6.54 Å². The van der Waals surface area contributed by atoms with Crippen LogP contribution >= 0.6 is 11.6 Å². The van der Waals surface area contributed by atoms with E-state index in [1.165, 1.54) is 17.0 Å². The van der Waals surface area contributed by atoms with E-state index in [1.807, 2.05) is 12.1 Å². The Labute approximate surface area is 230 Å². The third kappa shape index (κ3) is 7.30. The van der Waals surface area contributed by atoms with Crippen molar-refractivity contribution in [2.24, 2.45) is 0 Å². The smallest absolute Gasteiger partial charge is 0.305 e. The zero-order valence-corrected chi connectivity index (χ0v) is 21.7. The second-order valence-corrected chi connectivity index (χ2v) is 9.33.